The van der Waals surface area contributed by atoms with E-state index in [0.717, 1.165) is 56.7 Å². The van der Waals surface area contributed by atoms with Crippen molar-refractivity contribution in [2.24, 2.45) is 5.92 Å². The van der Waals surface area contributed by atoms with Crippen LogP contribution in [0, 0.1) is 19.8 Å². The maximum Gasteiger partial charge on any atom is 0.263 e. The first-order chi connectivity index (χ1) is 13.6. The Balaban J connectivity index is 1.56. The van der Waals surface area contributed by atoms with Crippen molar-refractivity contribution >= 4 is 11.7 Å². The van der Waals surface area contributed by atoms with Crippen LogP contribution >= 0.6 is 0 Å². The third-order valence-electron chi connectivity index (χ3n) is 5.63. The zero-order valence-corrected chi connectivity index (χ0v) is 16.7. The van der Waals surface area contributed by atoms with Gasteiger partial charge >= 0.3 is 0 Å². The van der Waals surface area contributed by atoms with Crippen LogP contribution in [0.15, 0.2) is 10.7 Å². The molecule has 1 atom stereocenters. The number of aromatic nitrogens is 4. The molecule has 0 aliphatic carbocycles. The first kappa shape index (κ1) is 18.8. The SMILES string of the molecule is Cc1noc(-c2cnc(C)nc2N2CCCC(C(=O)N3CCCCCC3)C2)n1. The van der Waals surface area contributed by atoms with E-state index < -0.39 is 0 Å². The van der Waals surface area contributed by atoms with E-state index in [1.807, 2.05) is 6.92 Å². The summed E-state index contributed by atoms with van der Waals surface area (Å²) in [5.74, 6) is 2.79. The van der Waals surface area contributed by atoms with E-state index in [9.17, 15) is 4.79 Å². The molecule has 4 heterocycles. The summed E-state index contributed by atoms with van der Waals surface area (Å²) >= 11 is 0. The maximum absolute atomic E-state index is 13.1. The second-order valence-electron chi connectivity index (χ2n) is 7.83. The minimum Gasteiger partial charge on any atom is -0.355 e. The van der Waals surface area contributed by atoms with Crippen molar-refractivity contribution in [2.75, 3.05) is 31.1 Å². The molecule has 0 radical (unpaired) electrons. The zero-order valence-electron chi connectivity index (χ0n) is 16.7. The van der Waals surface area contributed by atoms with Crippen LogP contribution in [-0.4, -0.2) is 57.1 Å². The number of rotatable bonds is 3. The average molecular weight is 384 g/mol. The number of hydrogen-bond acceptors (Lipinski definition) is 7. The summed E-state index contributed by atoms with van der Waals surface area (Å²) in [5.41, 5.74) is 0.731. The minimum atomic E-state index is 0.0133. The molecule has 2 fully saturated rings. The standard InChI is InChI=1S/C20H28N6O2/c1-14-21-12-17(19-23-15(2)24-28-19)18(22-14)26-11-7-8-16(13-26)20(27)25-9-5-3-4-6-10-25/h12,16H,3-11,13H2,1-2H3. The summed E-state index contributed by atoms with van der Waals surface area (Å²) in [7, 11) is 0. The van der Waals surface area contributed by atoms with Gasteiger partial charge in [0.05, 0.1) is 5.92 Å². The Bertz CT molecular complexity index is 828. The highest BCUT2D eigenvalue weighted by molar-refractivity contribution is 5.80. The van der Waals surface area contributed by atoms with Crippen molar-refractivity contribution in [3.05, 3.63) is 17.8 Å². The summed E-state index contributed by atoms with van der Waals surface area (Å²) in [6, 6.07) is 0. The summed E-state index contributed by atoms with van der Waals surface area (Å²) in [6.07, 6.45) is 8.34. The Labute approximate surface area is 165 Å². The van der Waals surface area contributed by atoms with E-state index in [2.05, 4.69) is 29.9 Å². The van der Waals surface area contributed by atoms with E-state index in [-0.39, 0.29) is 5.92 Å². The Morgan fingerprint density at radius 3 is 2.54 bits per heavy atom. The second kappa shape index (κ2) is 8.24. The summed E-state index contributed by atoms with van der Waals surface area (Å²) in [5, 5.41) is 3.89. The van der Waals surface area contributed by atoms with Gasteiger partial charge in [-0.1, -0.05) is 18.0 Å². The third kappa shape index (κ3) is 4.00. The van der Waals surface area contributed by atoms with Gasteiger partial charge in [0.2, 0.25) is 5.91 Å². The number of hydrogen-bond donors (Lipinski definition) is 0. The topological polar surface area (TPSA) is 88.2 Å². The minimum absolute atomic E-state index is 0.0133. The predicted molar refractivity (Wildman–Crippen MR) is 105 cm³/mol. The van der Waals surface area contributed by atoms with Gasteiger partial charge in [-0.25, -0.2) is 9.97 Å². The summed E-state index contributed by atoms with van der Waals surface area (Å²) in [6.45, 7) is 6.99. The molecule has 0 saturated carbocycles. The quantitative estimate of drug-likeness (QED) is 0.804. The van der Waals surface area contributed by atoms with Gasteiger partial charge in [0.1, 0.15) is 17.2 Å². The first-order valence-electron chi connectivity index (χ1n) is 10.3. The molecule has 2 aromatic heterocycles. The molecule has 2 aliphatic rings. The molecule has 1 amide bonds. The molecule has 0 bridgehead atoms. The van der Waals surface area contributed by atoms with Crippen molar-refractivity contribution < 1.29 is 9.32 Å². The van der Waals surface area contributed by atoms with Gasteiger partial charge < -0.3 is 14.3 Å². The van der Waals surface area contributed by atoms with Crippen molar-refractivity contribution in [1.82, 2.24) is 25.0 Å². The number of anilines is 1. The summed E-state index contributed by atoms with van der Waals surface area (Å²) < 4.78 is 5.36. The van der Waals surface area contributed by atoms with Gasteiger partial charge in [0, 0.05) is 32.4 Å². The Morgan fingerprint density at radius 2 is 1.82 bits per heavy atom. The van der Waals surface area contributed by atoms with Gasteiger partial charge in [0.15, 0.2) is 5.82 Å². The van der Waals surface area contributed by atoms with E-state index in [1.165, 1.54) is 12.8 Å². The lowest BCUT2D eigenvalue weighted by molar-refractivity contribution is -0.135. The van der Waals surface area contributed by atoms with Crippen LogP contribution in [-0.2, 0) is 4.79 Å². The highest BCUT2D eigenvalue weighted by atomic mass is 16.5. The number of likely N-dealkylation sites (tertiary alicyclic amines) is 1. The molecular weight excluding hydrogens is 356 g/mol. The maximum atomic E-state index is 13.1. The molecule has 0 spiro atoms. The Hall–Kier alpha value is -2.51. The Kier molecular flexibility index (Phi) is 5.54. The highest BCUT2D eigenvalue weighted by Gasteiger charge is 2.31. The predicted octanol–water partition coefficient (Wildman–Crippen LogP) is 2.76. The lowest BCUT2D eigenvalue weighted by Gasteiger charge is -2.36. The largest absolute Gasteiger partial charge is 0.355 e. The number of aryl methyl sites for hydroxylation is 2. The molecule has 2 aromatic rings. The second-order valence-corrected chi connectivity index (χ2v) is 7.83. The van der Waals surface area contributed by atoms with Crippen molar-refractivity contribution in [1.29, 1.82) is 0 Å². The monoisotopic (exact) mass is 384 g/mol. The number of carbonyl (C=O) groups is 1. The molecular formula is C20H28N6O2. The molecule has 4 rings (SSSR count). The van der Waals surface area contributed by atoms with Crippen LogP contribution in [0.25, 0.3) is 11.5 Å². The van der Waals surface area contributed by atoms with Crippen molar-refractivity contribution in [3.63, 3.8) is 0 Å². The molecule has 8 nitrogen and oxygen atoms in total. The highest BCUT2D eigenvalue weighted by Crippen LogP contribution is 2.31. The van der Waals surface area contributed by atoms with E-state index in [4.69, 9.17) is 4.52 Å². The molecule has 150 valence electrons. The normalized spacial score (nSPS) is 20.9. The Morgan fingerprint density at radius 1 is 1.04 bits per heavy atom. The fourth-order valence-electron chi connectivity index (χ4n) is 4.18. The van der Waals surface area contributed by atoms with Crippen LogP contribution in [0.1, 0.15) is 50.2 Å². The first-order valence-corrected chi connectivity index (χ1v) is 10.3. The molecule has 28 heavy (non-hydrogen) atoms. The van der Waals surface area contributed by atoms with Gasteiger partial charge in [0.25, 0.3) is 5.89 Å². The van der Waals surface area contributed by atoms with Crippen LogP contribution in [0.2, 0.25) is 0 Å². The van der Waals surface area contributed by atoms with E-state index >= 15 is 0 Å². The van der Waals surface area contributed by atoms with Gasteiger partial charge in [-0.2, -0.15) is 4.98 Å². The van der Waals surface area contributed by atoms with Gasteiger partial charge in [-0.05, 0) is 39.5 Å². The van der Waals surface area contributed by atoms with Crippen molar-refractivity contribution in [2.45, 2.75) is 52.4 Å². The fraction of sp³-hybridized carbons (Fsp3) is 0.650. The average Bonchev–Trinajstić information content (AvgIpc) is 2.97. The number of nitrogens with zero attached hydrogens (tertiary/aromatic N) is 6. The van der Waals surface area contributed by atoms with Crippen LogP contribution in [0.5, 0.6) is 0 Å². The lowest BCUT2D eigenvalue weighted by Crippen LogP contribution is -2.45. The molecule has 8 heteroatoms. The lowest BCUT2D eigenvalue weighted by atomic mass is 9.96. The molecule has 0 N–H and O–H groups in total. The van der Waals surface area contributed by atoms with Crippen LogP contribution < -0.4 is 4.90 Å². The van der Waals surface area contributed by atoms with Crippen LogP contribution in [0.4, 0.5) is 5.82 Å². The summed E-state index contributed by atoms with van der Waals surface area (Å²) in [4.78, 5) is 30.7. The fourth-order valence-corrected chi connectivity index (χ4v) is 4.18. The molecule has 1 unspecified atom stereocenters. The molecule has 2 saturated heterocycles. The third-order valence-corrected chi connectivity index (χ3v) is 5.63. The molecule has 0 aromatic carbocycles. The number of amides is 1. The van der Waals surface area contributed by atoms with Crippen LogP contribution in [0.3, 0.4) is 0 Å². The van der Waals surface area contributed by atoms with Gasteiger partial charge in [-0.3, -0.25) is 4.79 Å². The zero-order chi connectivity index (χ0) is 19.5. The van der Waals surface area contributed by atoms with E-state index in [1.54, 1.807) is 13.1 Å². The number of piperidine rings is 1. The van der Waals surface area contributed by atoms with Crippen molar-refractivity contribution in [3.8, 4) is 11.5 Å². The van der Waals surface area contributed by atoms with Gasteiger partial charge in [-0.15, -0.1) is 0 Å². The van der Waals surface area contributed by atoms with E-state index in [0.29, 0.717) is 30.0 Å². The smallest absolute Gasteiger partial charge is 0.263 e. The molecule has 2 aliphatic heterocycles. The number of carbonyl (C=O) groups excluding carboxylic acids is 1.